The van der Waals surface area contributed by atoms with Crippen molar-refractivity contribution >= 4 is 22.9 Å². The van der Waals surface area contributed by atoms with Crippen molar-refractivity contribution < 1.29 is 18.0 Å². The van der Waals surface area contributed by atoms with Crippen LogP contribution in [0, 0.1) is 0 Å². The maximum Gasteiger partial charge on any atom is 0.418 e. The summed E-state index contributed by atoms with van der Waals surface area (Å²) in [5, 5.41) is 6.75. The third-order valence-electron chi connectivity index (χ3n) is 2.77. The number of thiazole rings is 1. The molecule has 0 unspecified atom stereocenters. The number of carbonyl (C=O) groups excluding carboxylic acids is 1. The number of halogens is 3. The molecular weight excluding hydrogens is 303 g/mol. The highest BCUT2D eigenvalue weighted by molar-refractivity contribution is 7.07. The second-order valence-electron chi connectivity index (χ2n) is 4.17. The van der Waals surface area contributed by atoms with E-state index in [4.69, 9.17) is 0 Å². The Morgan fingerprint density at radius 3 is 2.71 bits per heavy atom. The number of hydrogen-bond donors (Lipinski definition) is 2. The first-order chi connectivity index (χ1) is 9.91. The zero-order chi connectivity index (χ0) is 15.5. The lowest BCUT2D eigenvalue weighted by atomic mass is 10.1. The molecule has 0 saturated carbocycles. The minimum atomic E-state index is -4.52. The molecule has 0 spiro atoms. The SMILES string of the molecule is CNc1ccc(C(=O)NCc2cscn2)cc1C(F)(F)F. The van der Waals surface area contributed by atoms with Crippen molar-refractivity contribution in [2.45, 2.75) is 12.7 Å². The smallest absolute Gasteiger partial charge is 0.388 e. The van der Waals surface area contributed by atoms with Gasteiger partial charge >= 0.3 is 6.18 Å². The van der Waals surface area contributed by atoms with Crippen LogP contribution in [-0.2, 0) is 12.7 Å². The van der Waals surface area contributed by atoms with Gasteiger partial charge in [0.2, 0.25) is 0 Å². The number of amides is 1. The number of alkyl halides is 3. The number of hydrogen-bond acceptors (Lipinski definition) is 4. The summed E-state index contributed by atoms with van der Waals surface area (Å²) in [4.78, 5) is 15.9. The molecule has 1 amide bonds. The van der Waals surface area contributed by atoms with E-state index in [0.717, 1.165) is 6.07 Å². The second-order valence-corrected chi connectivity index (χ2v) is 4.89. The van der Waals surface area contributed by atoms with Crippen molar-refractivity contribution in [3.05, 3.63) is 45.9 Å². The summed E-state index contributed by atoms with van der Waals surface area (Å²) < 4.78 is 38.7. The van der Waals surface area contributed by atoms with Gasteiger partial charge in [0.05, 0.1) is 23.3 Å². The first kappa shape index (κ1) is 15.3. The van der Waals surface area contributed by atoms with Gasteiger partial charge in [-0.15, -0.1) is 11.3 Å². The molecule has 0 radical (unpaired) electrons. The quantitative estimate of drug-likeness (QED) is 0.911. The molecule has 0 aliphatic heterocycles. The Bertz CT molecular complexity index is 626. The summed E-state index contributed by atoms with van der Waals surface area (Å²) in [6.07, 6.45) is -4.52. The minimum absolute atomic E-state index is 0.0449. The molecule has 0 aliphatic rings. The molecule has 2 rings (SSSR count). The molecule has 0 aliphatic carbocycles. The Hall–Kier alpha value is -2.09. The van der Waals surface area contributed by atoms with Gasteiger partial charge in [0.15, 0.2) is 0 Å². The van der Waals surface area contributed by atoms with E-state index < -0.39 is 17.6 Å². The Morgan fingerprint density at radius 2 is 2.14 bits per heavy atom. The van der Waals surface area contributed by atoms with Gasteiger partial charge in [-0.1, -0.05) is 0 Å². The summed E-state index contributed by atoms with van der Waals surface area (Å²) in [5.74, 6) is -0.573. The highest BCUT2D eigenvalue weighted by Gasteiger charge is 2.34. The number of anilines is 1. The molecule has 8 heteroatoms. The van der Waals surface area contributed by atoms with Gasteiger partial charge in [-0.3, -0.25) is 4.79 Å². The van der Waals surface area contributed by atoms with Crippen molar-refractivity contribution in [3.63, 3.8) is 0 Å². The average Bonchev–Trinajstić information content (AvgIpc) is 2.96. The maximum atomic E-state index is 12.9. The molecular formula is C13H12F3N3OS. The third-order valence-corrected chi connectivity index (χ3v) is 3.41. The van der Waals surface area contributed by atoms with Crippen molar-refractivity contribution in [2.24, 2.45) is 0 Å². The Morgan fingerprint density at radius 1 is 1.38 bits per heavy atom. The van der Waals surface area contributed by atoms with E-state index in [1.54, 1.807) is 10.9 Å². The minimum Gasteiger partial charge on any atom is -0.388 e. The molecule has 112 valence electrons. The molecule has 0 fully saturated rings. The molecule has 2 N–H and O–H groups in total. The Balaban J connectivity index is 2.17. The van der Waals surface area contributed by atoms with E-state index in [2.05, 4.69) is 15.6 Å². The van der Waals surface area contributed by atoms with Crippen LogP contribution >= 0.6 is 11.3 Å². The predicted octanol–water partition coefficient (Wildman–Crippen LogP) is 3.13. The lowest BCUT2D eigenvalue weighted by Crippen LogP contribution is -2.23. The molecule has 21 heavy (non-hydrogen) atoms. The van der Waals surface area contributed by atoms with Crippen molar-refractivity contribution in [3.8, 4) is 0 Å². The predicted molar refractivity (Wildman–Crippen MR) is 74.3 cm³/mol. The fraction of sp³-hybridized carbons (Fsp3) is 0.231. The van der Waals surface area contributed by atoms with Crippen LogP contribution in [0.15, 0.2) is 29.1 Å². The van der Waals surface area contributed by atoms with Gasteiger partial charge in [0.1, 0.15) is 0 Å². The van der Waals surface area contributed by atoms with Gasteiger partial charge in [-0.25, -0.2) is 4.98 Å². The highest BCUT2D eigenvalue weighted by Crippen LogP contribution is 2.35. The van der Waals surface area contributed by atoms with E-state index in [0.29, 0.717) is 5.69 Å². The third kappa shape index (κ3) is 3.72. The summed E-state index contributed by atoms with van der Waals surface area (Å²) in [6, 6.07) is 3.42. The molecule has 2 aromatic rings. The Kier molecular flexibility index (Phi) is 4.46. The van der Waals surface area contributed by atoms with Gasteiger partial charge in [0, 0.05) is 23.7 Å². The van der Waals surface area contributed by atoms with Crippen LogP contribution in [-0.4, -0.2) is 17.9 Å². The molecule has 0 bridgehead atoms. The number of benzene rings is 1. The molecule has 1 aromatic carbocycles. The van der Waals surface area contributed by atoms with Crippen LogP contribution in [0.2, 0.25) is 0 Å². The Labute approximate surface area is 123 Å². The zero-order valence-electron chi connectivity index (χ0n) is 11.0. The van der Waals surface area contributed by atoms with E-state index >= 15 is 0 Å². The van der Waals surface area contributed by atoms with Gasteiger partial charge in [-0.05, 0) is 18.2 Å². The van der Waals surface area contributed by atoms with Gasteiger partial charge < -0.3 is 10.6 Å². The fourth-order valence-electron chi connectivity index (χ4n) is 1.74. The molecule has 0 saturated heterocycles. The first-order valence-electron chi connectivity index (χ1n) is 5.96. The number of carbonyl (C=O) groups is 1. The number of rotatable bonds is 4. The fourth-order valence-corrected chi connectivity index (χ4v) is 2.29. The number of nitrogens with one attached hydrogen (secondary N) is 2. The standard InChI is InChI=1S/C13H12F3N3OS/c1-17-11-3-2-8(4-10(11)13(14,15)16)12(20)18-5-9-6-21-7-19-9/h2-4,6-7,17H,5H2,1H3,(H,18,20). The van der Waals surface area contributed by atoms with Gasteiger partial charge in [0.25, 0.3) is 5.91 Å². The summed E-state index contributed by atoms with van der Waals surface area (Å²) >= 11 is 1.38. The number of aromatic nitrogens is 1. The molecule has 1 heterocycles. The first-order valence-corrected chi connectivity index (χ1v) is 6.90. The molecule has 0 atom stereocenters. The van der Waals surface area contributed by atoms with Crippen molar-refractivity contribution in [2.75, 3.05) is 12.4 Å². The molecule has 1 aromatic heterocycles. The van der Waals surface area contributed by atoms with E-state index in [1.165, 1.54) is 30.5 Å². The van der Waals surface area contributed by atoms with Crippen LogP contribution in [0.3, 0.4) is 0 Å². The number of nitrogens with zero attached hydrogens (tertiary/aromatic N) is 1. The van der Waals surface area contributed by atoms with E-state index in [-0.39, 0.29) is 17.8 Å². The van der Waals surface area contributed by atoms with Crippen molar-refractivity contribution in [1.29, 1.82) is 0 Å². The topological polar surface area (TPSA) is 54.0 Å². The summed E-state index contributed by atoms with van der Waals surface area (Å²) in [5.41, 5.74) is 1.29. The monoisotopic (exact) mass is 315 g/mol. The lowest BCUT2D eigenvalue weighted by Gasteiger charge is -2.14. The second kappa shape index (κ2) is 6.13. The van der Waals surface area contributed by atoms with Crippen LogP contribution in [0.5, 0.6) is 0 Å². The van der Waals surface area contributed by atoms with E-state index in [1.807, 2.05) is 0 Å². The molecule has 4 nitrogen and oxygen atoms in total. The van der Waals surface area contributed by atoms with Crippen molar-refractivity contribution in [1.82, 2.24) is 10.3 Å². The van der Waals surface area contributed by atoms with Gasteiger partial charge in [-0.2, -0.15) is 13.2 Å². The summed E-state index contributed by atoms with van der Waals surface area (Å²) in [7, 11) is 1.40. The largest absolute Gasteiger partial charge is 0.418 e. The highest BCUT2D eigenvalue weighted by atomic mass is 32.1. The summed E-state index contributed by atoms with van der Waals surface area (Å²) in [6.45, 7) is 0.178. The van der Waals surface area contributed by atoms with Crippen LogP contribution in [0.1, 0.15) is 21.6 Å². The van der Waals surface area contributed by atoms with Crippen LogP contribution in [0.25, 0.3) is 0 Å². The maximum absolute atomic E-state index is 12.9. The van der Waals surface area contributed by atoms with Crippen LogP contribution < -0.4 is 10.6 Å². The van der Waals surface area contributed by atoms with E-state index in [9.17, 15) is 18.0 Å². The zero-order valence-corrected chi connectivity index (χ0v) is 11.8. The average molecular weight is 315 g/mol. The normalized spacial score (nSPS) is 11.2. The lowest BCUT2D eigenvalue weighted by molar-refractivity contribution is -0.136. The van der Waals surface area contributed by atoms with Crippen LogP contribution in [0.4, 0.5) is 18.9 Å².